The fourth-order valence-electron chi connectivity index (χ4n) is 5.61. The average molecular weight is 553 g/mol. The van der Waals surface area contributed by atoms with Crippen LogP contribution in [0.15, 0.2) is 109 Å². The largest absolute Gasteiger partial charge is 0.456 e. The lowest BCUT2D eigenvalue weighted by Gasteiger charge is -2.17. The van der Waals surface area contributed by atoms with Crippen LogP contribution < -0.4 is 9.47 Å². The lowest BCUT2D eigenvalue weighted by molar-refractivity contribution is 0.124. The van der Waals surface area contributed by atoms with Crippen LogP contribution >= 0.6 is 0 Å². The highest BCUT2D eigenvalue weighted by atomic mass is 16.7. The number of nitriles is 2. The van der Waals surface area contributed by atoms with E-state index in [0.29, 0.717) is 11.1 Å². The molecule has 1 aliphatic rings. The number of ether oxygens (including phenoxy) is 2. The molecule has 0 aromatic heterocycles. The predicted octanol–water partition coefficient (Wildman–Crippen LogP) is 9.47. The van der Waals surface area contributed by atoms with E-state index >= 15 is 0 Å². The number of hydrogen-bond acceptors (Lipinski definition) is 4. The zero-order valence-electron chi connectivity index (χ0n) is 23.1. The molecule has 202 valence electrons. The van der Waals surface area contributed by atoms with Crippen LogP contribution in [0.5, 0.6) is 11.5 Å². The van der Waals surface area contributed by atoms with Crippen LogP contribution in [0.25, 0.3) is 57.0 Å². The van der Waals surface area contributed by atoms with E-state index in [1.165, 1.54) is 0 Å². The van der Waals surface area contributed by atoms with E-state index in [-0.39, 0.29) is 6.79 Å². The first-order valence-electron chi connectivity index (χ1n) is 14.0. The molecule has 0 spiro atoms. The maximum atomic E-state index is 9.17. The van der Waals surface area contributed by atoms with Crippen molar-refractivity contribution in [3.63, 3.8) is 0 Å². The van der Waals surface area contributed by atoms with E-state index in [1.807, 2.05) is 72.8 Å². The minimum atomic E-state index is 0.0616. The molecular weight excluding hydrogens is 528 g/mol. The van der Waals surface area contributed by atoms with Gasteiger partial charge in [0.05, 0.1) is 23.3 Å². The first-order valence-corrected chi connectivity index (χ1v) is 14.0. The second-order valence-corrected chi connectivity index (χ2v) is 10.3. The molecule has 6 aromatic rings. The van der Waals surface area contributed by atoms with Crippen molar-refractivity contribution in [2.45, 2.75) is 0 Å². The van der Waals surface area contributed by atoms with Gasteiger partial charge in [0, 0.05) is 22.3 Å². The zero-order chi connectivity index (χ0) is 29.2. The van der Waals surface area contributed by atoms with Crippen molar-refractivity contribution >= 4 is 45.8 Å². The summed E-state index contributed by atoms with van der Waals surface area (Å²) >= 11 is 0. The molecule has 0 bridgehead atoms. The number of hydrogen-bond donors (Lipinski definition) is 0. The molecular formula is C39H24N2O2. The summed E-state index contributed by atoms with van der Waals surface area (Å²) in [5, 5.41) is 22.7. The first-order chi connectivity index (χ1) is 21.2. The minimum Gasteiger partial charge on any atom is -0.456 e. The number of rotatable bonds is 4. The van der Waals surface area contributed by atoms with Gasteiger partial charge >= 0.3 is 0 Å². The fraction of sp³-hybridized carbons (Fsp3) is 0.0256. The SMILES string of the molecule is N#Cc1ccc(/C=C\c2cc3ccccc3c3c2OCOc2c(/C=C\c4ccc(C#N)cc4)cc4ccccc4c2-3)cc1. The predicted molar refractivity (Wildman–Crippen MR) is 173 cm³/mol. The van der Waals surface area contributed by atoms with Gasteiger partial charge in [-0.15, -0.1) is 0 Å². The third-order valence-electron chi connectivity index (χ3n) is 7.71. The summed E-state index contributed by atoms with van der Waals surface area (Å²) in [6.45, 7) is 0.0616. The quantitative estimate of drug-likeness (QED) is 0.204. The van der Waals surface area contributed by atoms with Gasteiger partial charge in [-0.3, -0.25) is 0 Å². The standard InChI is InChI=1S/C39H24N2O2/c40-23-28-13-9-26(10-14-28)17-19-32-21-30-5-1-3-7-34(30)36-37-35-8-4-2-6-31(35)22-33(39(37)43-25-42-38(32)36)20-18-27-11-15-29(24-41)16-12-27/h1-22H,25H2/b19-17-,20-18-. The lowest BCUT2D eigenvalue weighted by atomic mass is 9.88. The van der Waals surface area contributed by atoms with Gasteiger partial charge in [-0.25, -0.2) is 0 Å². The van der Waals surface area contributed by atoms with E-state index < -0.39 is 0 Å². The Morgan fingerprint density at radius 2 is 0.930 bits per heavy atom. The lowest BCUT2D eigenvalue weighted by Crippen LogP contribution is -2.05. The van der Waals surface area contributed by atoms with Crippen LogP contribution in [0.2, 0.25) is 0 Å². The van der Waals surface area contributed by atoms with Crippen molar-refractivity contribution in [2.75, 3.05) is 6.79 Å². The molecule has 4 heteroatoms. The van der Waals surface area contributed by atoms with Crippen LogP contribution in [0, 0.1) is 22.7 Å². The van der Waals surface area contributed by atoms with Gasteiger partial charge < -0.3 is 9.47 Å². The Morgan fingerprint density at radius 3 is 1.35 bits per heavy atom. The molecule has 1 heterocycles. The average Bonchev–Trinajstić information content (AvgIpc) is 3.28. The van der Waals surface area contributed by atoms with Crippen LogP contribution in [0.1, 0.15) is 33.4 Å². The third kappa shape index (κ3) is 4.88. The van der Waals surface area contributed by atoms with E-state index in [1.54, 1.807) is 0 Å². The molecule has 0 radical (unpaired) electrons. The Morgan fingerprint density at radius 1 is 0.512 bits per heavy atom. The monoisotopic (exact) mass is 552 g/mol. The van der Waals surface area contributed by atoms with Gasteiger partial charge in [0.15, 0.2) is 0 Å². The van der Waals surface area contributed by atoms with E-state index in [9.17, 15) is 10.5 Å². The molecule has 43 heavy (non-hydrogen) atoms. The molecule has 4 nitrogen and oxygen atoms in total. The summed E-state index contributed by atoms with van der Waals surface area (Å²) in [6, 6.07) is 40.4. The topological polar surface area (TPSA) is 66.0 Å². The number of fused-ring (bicyclic) bond motifs is 7. The summed E-state index contributed by atoms with van der Waals surface area (Å²) in [6.07, 6.45) is 8.20. The smallest absolute Gasteiger partial charge is 0.231 e. The molecule has 0 atom stereocenters. The van der Waals surface area contributed by atoms with Crippen molar-refractivity contribution in [1.29, 1.82) is 10.5 Å². The van der Waals surface area contributed by atoms with Crippen LogP contribution in [0.4, 0.5) is 0 Å². The molecule has 0 fully saturated rings. The summed E-state index contributed by atoms with van der Waals surface area (Å²) in [5.41, 5.74) is 7.12. The van der Waals surface area contributed by atoms with Crippen LogP contribution in [-0.4, -0.2) is 6.79 Å². The maximum Gasteiger partial charge on any atom is 0.231 e. The summed E-state index contributed by atoms with van der Waals surface area (Å²) in [5.74, 6) is 1.53. The molecule has 0 aliphatic carbocycles. The van der Waals surface area contributed by atoms with Gasteiger partial charge in [-0.1, -0.05) is 97.1 Å². The summed E-state index contributed by atoms with van der Waals surface area (Å²) in [4.78, 5) is 0. The Labute approximate surface area is 249 Å². The normalized spacial score (nSPS) is 12.2. The summed E-state index contributed by atoms with van der Waals surface area (Å²) < 4.78 is 12.8. The first kappa shape index (κ1) is 25.8. The highest BCUT2D eigenvalue weighted by Crippen LogP contribution is 2.50. The molecule has 0 N–H and O–H groups in total. The highest BCUT2D eigenvalue weighted by molar-refractivity contribution is 6.12. The third-order valence-corrected chi connectivity index (χ3v) is 7.71. The van der Waals surface area contributed by atoms with Crippen molar-refractivity contribution in [3.8, 4) is 34.8 Å². The van der Waals surface area contributed by atoms with E-state index in [4.69, 9.17) is 9.47 Å². The fourth-order valence-corrected chi connectivity index (χ4v) is 5.61. The van der Waals surface area contributed by atoms with Crippen molar-refractivity contribution in [2.24, 2.45) is 0 Å². The Bertz CT molecular complexity index is 2000. The van der Waals surface area contributed by atoms with Gasteiger partial charge in [-0.2, -0.15) is 10.5 Å². The van der Waals surface area contributed by atoms with Crippen LogP contribution in [-0.2, 0) is 0 Å². The van der Waals surface area contributed by atoms with Crippen LogP contribution in [0.3, 0.4) is 0 Å². The Balaban J connectivity index is 1.45. The Kier molecular flexibility index (Phi) is 6.64. The van der Waals surface area contributed by atoms with Crippen molar-refractivity contribution in [3.05, 3.63) is 143 Å². The molecule has 6 aromatic carbocycles. The maximum absolute atomic E-state index is 9.17. The molecule has 0 saturated heterocycles. The minimum absolute atomic E-state index is 0.0616. The van der Waals surface area contributed by atoms with Gasteiger partial charge in [-0.05, 0) is 69.1 Å². The molecule has 0 unspecified atom stereocenters. The van der Waals surface area contributed by atoms with Crippen molar-refractivity contribution < 1.29 is 9.47 Å². The zero-order valence-corrected chi connectivity index (χ0v) is 23.1. The van der Waals surface area contributed by atoms with E-state index in [2.05, 4.69) is 72.8 Å². The molecule has 7 rings (SSSR count). The highest BCUT2D eigenvalue weighted by Gasteiger charge is 2.25. The van der Waals surface area contributed by atoms with Gasteiger partial charge in [0.2, 0.25) is 6.79 Å². The Hall–Kier alpha value is -6.10. The van der Waals surface area contributed by atoms with Gasteiger partial charge in [0.1, 0.15) is 11.5 Å². The molecule has 0 amide bonds. The number of benzene rings is 6. The van der Waals surface area contributed by atoms with E-state index in [0.717, 1.165) is 66.4 Å². The van der Waals surface area contributed by atoms with Gasteiger partial charge in [0.25, 0.3) is 0 Å². The second kappa shape index (κ2) is 11.1. The number of nitrogens with zero attached hydrogens (tertiary/aromatic N) is 2. The second-order valence-electron chi connectivity index (χ2n) is 10.3. The molecule has 0 saturated carbocycles. The molecule has 1 aliphatic heterocycles. The van der Waals surface area contributed by atoms with Crippen molar-refractivity contribution in [1.82, 2.24) is 0 Å². The summed E-state index contributed by atoms with van der Waals surface area (Å²) in [7, 11) is 0.